The van der Waals surface area contributed by atoms with Crippen molar-refractivity contribution >= 4 is 14.2 Å². The number of benzene rings is 1. The number of hydrogen-bond donors (Lipinski definition) is 0. The third kappa shape index (κ3) is 3.04. The van der Waals surface area contributed by atoms with Gasteiger partial charge in [-0.1, -0.05) is 59.7 Å². The Hall–Kier alpha value is -0.420. The SMILES string of the molecule is CC(C)(C)c1ccc([P]F)c(C(C)(C)C)c1. The Labute approximate surface area is 101 Å². The van der Waals surface area contributed by atoms with Crippen LogP contribution >= 0.6 is 8.89 Å². The first kappa shape index (κ1) is 13.6. The van der Waals surface area contributed by atoms with Crippen LogP contribution in [0.2, 0.25) is 0 Å². The summed E-state index contributed by atoms with van der Waals surface area (Å²) < 4.78 is 12.9. The van der Waals surface area contributed by atoms with E-state index < -0.39 is 0 Å². The zero-order valence-electron chi connectivity index (χ0n) is 11.1. The predicted octanol–water partition coefficient (Wildman–Crippen LogP) is 4.74. The van der Waals surface area contributed by atoms with E-state index in [1.54, 1.807) is 0 Å². The van der Waals surface area contributed by atoms with Crippen molar-refractivity contribution in [3.05, 3.63) is 29.3 Å². The highest BCUT2D eigenvalue weighted by atomic mass is 31.1. The molecule has 0 aliphatic carbocycles. The molecule has 0 nitrogen and oxygen atoms in total. The smallest absolute Gasteiger partial charge is 0.175 e. The zero-order chi connectivity index (χ0) is 12.6. The fourth-order valence-corrected chi connectivity index (χ4v) is 2.30. The summed E-state index contributed by atoms with van der Waals surface area (Å²) in [4.78, 5) is 0. The van der Waals surface area contributed by atoms with Gasteiger partial charge in [0, 0.05) is 5.30 Å². The molecule has 2 heteroatoms. The van der Waals surface area contributed by atoms with E-state index in [4.69, 9.17) is 0 Å². The molecule has 0 saturated heterocycles. The largest absolute Gasteiger partial charge is 0.214 e. The van der Waals surface area contributed by atoms with Gasteiger partial charge in [0.2, 0.25) is 0 Å². The molecule has 16 heavy (non-hydrogen) atoms. The van der Waals surface area contributed by atoms with Gasteiger partial charge in [-0.3, -0.25) is 0 Å². The van der Waals surface area contributed by atoms with Crippen molar-refractivity contribution in [1.82, 2.24) is 0 Å². The lowest BCUT2D eigenvalue weighted by atomic mass is 9.81. The minimum Gasteiger partial charge on any atom is -0.214 e. The van der Waals surface area contributed by atoms with Gasteiger partial charge in [0.05, 0.1) is 0 Å². The molecule has 1 radical (unpaired) electrons. The topological polar surface area (TPSA) is 0 Å². The van der Waals surface area contributed by atoms with Crippen molar-refractivity contribution in [3.63, 3.8) is 0 Å². The molecule has 1 aromatic rings. The van der Waals surface area contributed by atoms with Crippen LogP contribution in [0.4, 0.5) is 4.20 Å². The maximum Gasteiger partial charge on any atom is 0.175 e. The Morgan fingerprint density at radius 1 is 0.938 bits per heavy atom. The standard InChI is InChI=1S/C14H21FP/c1-13(2,3)10-7-8-12(16-15)11(9-10)14(4,5)6/h7-9H,1-6H3. The average Bonchev–Trinajstić information content (AvgIpc) is 2.14. The normalized spacial score (nSPS) is 13.7. The molecule has 89 valence electrons. The number of halogens is 1. The second-order valence-corrected chi connectivity index (χ2v) is 6.97. The van der Waals surface area contributed by atoms with Crippen molar-refractivity contribution in [1.29, 1.82) is 0 Å². The van der Waals surface area contributed by atoms with Crippen LogP contribution in [-0.2, 0) is 10.8 Å². The van der Waals surface area contributed by atoms with Crippen molar-refractivity contribution < 1.29 is 4.20 Å². The van der Waals surface area contributed by atoms with Crippen LogP contribution in [0.25, 0.3) is 0 Å². The highest BCUT2D eigenvalue weighted by Crippen LogP contribution is 2.30. The average molecular weight is 239 g/mol. The summed E-state index contributed by atoms with van der Waals surface area (Å²) in [6.45, 7) is 12.9. The Balaban J connectivity index is 3.34. The molecule has 0 heterocycles. The summed E-state index contributed by atoms with van der Waals surface area (Å²) >= 11 is 0. The maximum absolute atomic E-state index is 12.9. The molecule has 0 amide bonds. The molecular weight excluding hydrogens is 218 g/mol. The summed E-state index contributed by atoms with van der Waals surface area (Å²) in [7, 11) is -0.138. The Morgan fingerprint density at radius 3 is 1.88 bits per heavy atom. The van der Waals surface area contributed by atoms with E-state index >= 15 is 0 Å². The Kier molecular flexibility index (Phi) is 3.80. The molecule has 0 unspecified atom stereocenters. The predicted molar refractivity (Wildman–Crippen MR) is 71.5 cm³/mol. The van der Waals surface area contributed by atoms with Gasteiger partial charge in [-0.25, -0.2) is 4.20 Å². The molecular formula is C14H21FP. The third-order valence-electron chi connectivity index (χ3n) is 2.76. The van der Waals surface area contributed by atoms with E-state index in [0.717, 1.165) is 10.9 Å². The lowest BCUT2D eigenvalue weighted by Crippen LogP contribution is -2.22. The van der Waals surface area contributed by atoms with Gasteiger partial charge in [-0.15, -0.1) is 0 Å². The van der Waals surface area contributed by atoms with Gasteiger partial charge >= 0.3 is 0 Å². The number of hydrogen-bond acceptors (Lipinski definition) is 0. The molecule has 0 aromatic heterocycles. The molecule has 0 aliphatic rings. The van der Waals surface area contributed by atoms with Gasteiger partial charge in [0.25, 0.3) is 0 Å². The van der Waals surface area contributed by atoms with Crippen LogP contribution < -0.4 is 5.30 Å². The van der Waals surface area contributed by atoms with Gasteiger partial charge in [-0.05, 0) is 22.0 Å². The van der Waals surface area contributed by atoms with Gasteiger partial charge in [-0.2, -0.15) is 0 Å². The van der Waals surface area contributed by atoms with Crippen molar-refractivity contribution in [2.45, 2.75) is 52.4 Å². The molecule has 1 aromatic carbocycles. The lowest BCUT2D eigenvalue weighted by Gasteiger charge is -2.26. The molecule has 0 spiro atoms. The fraction of sp³-hybridized carbons (Fsp3) is 0.571. The third-order valence-corrected chi connectivity index (χ3v) is 3.33. The Morgan fingerprint density at radius 2 is 1.50 bits per heavy atom. The van der Waals surface area contributed by atoms with Crippen LogP contribution in [0.5, 0.6) is 0 Å². The van der Waals surface area contributed by atoms with Gasteiger partial charge in [0.15, 0.2) is 8.89 Å². The number of rotatable bonds is 1. The van der Waals surface area contributed by atoms with Crippen LogP contribution in [0, 0.1) is 0 Å². The van der Waals surface area contributed by atoms with Crippen LogP contribution in [0.3, 0.4) is 0 Å². The molecule has 0 fully saturated rings. The second-order valence-electron chi connectivity index (χ2n) is 6.32. The summed E-state index contributed by atoms with van der Waals surface area (Å²) in [5, 5.41) is 0.792. The van der Waals surface area contributed by atoms with Crippen LogP contribution in [0.15, 0.2) is 18.2 Å². The van der Waals surface area contributed by atoms with E-state index in [9.17, 15) is 4.20 Å². The van der Waals surface area contributed by atoms with Crippen LogP contribution in [-0.4, -0.2) is 0 Å². The van der Waals surface area contributed by atoms with Crippen molar-refractivity contribution in [2.75, 3.05) is 0 Å². The summed E-state index contributed by atoms with van der Waals surface area (Å²) in [5.41, 5.74) is 2.50. The van der Waals surface area contributed by atoms with E-state index in [2.05, 4.69) is 47.6 Å². The van der Waals surface area contributed by atoms with Gasteiger partial charge in [0.1, 0.15) is 0 Å². The van der Waals surface area contributed by atoms with Gasteiger partial charge < -0.3 is 0 Å². The first-order chi connectivity index (χ1) is 7.16. The lowest BCUT2D eigenvalue weighted by molar-refractivity contribution is 0.571. The van der Waals surface area contributed by atoms with E-state index in [0.29, 0.717) is 0 Å². The second kappa shape index (κ2) is 4.45. The maximum atomic E-state index is 12.9. The molecule has 1 rings (SSSR count). The molecule has 0 saturated carbocycles. The minimum atomic E-state index is -0.138. The molecule has 0 aliphatic heterocycles. The highest BCUT2D eigenvalue weighted by molar-refractivity contribution is 7.41. The summed E-state index contributed by atoms with van der Waals surface area (Å²) in [5.74, 6) is 0. The zero-order valence-corrected chi connectivity index (χ0v) is 12.0. The summed E-state index contributed by atoms with van der Waals surface area (Å²) in [6.07, 6.45) is 0. The fourth-order valence-electron chi connectivity index (χ4n) is 1.68. The van der Waals surface area contributed by atoms with E-state index in [-0.39, 0.29) is 19.7 Å². The first-order valence-electron chi connectivity index (χ1n) is 5.63. The van der Waals surface area contributed by atoms with Crippen LogP contribution in [0.1, 0.15) is 52.7 Å². The van der Waals surface area contributed by atoms with Crippen molar-refractivity contribution in [2.24, 2.45) is 0 Å². The molecule has 0 bridgehead atoms. The summed E-state index contributed by atoms with van der Waals surface area (Å²) in [6, 6.07) is 6.11. The first-order valence-corrected chi connectivity index (χ1v) is 6.42. The molecule has 0 N–H and O–H groups in total. The van der Waals surface area contributed by atoms with Crippen molar-refractivity contribution in [3.8, 4) is 0 Å². The monoisotopic (exact) mass is 239 g/mol. The minimum absolute atomic E-state index is 0.00428. The quantitative estimate of drug-likeness (QED) is 0.621. The van der Waals surface area contributed by atoms with E-state index in [1.807, 2.05) is 12.1 Å². The Bertz CT molecular complexity index is 369. The van der Waals surface area contributed by atoms with E-state index in [1.165, 1.54) is 5.56 Å². The highest BCUT2D eigenvalue weighted by Gasteiger charge is 2.22. The molecule has 0 atom stereocenters.